The Balaban J connectivity index is 2.10. The second-order valence-corrected chi connectivity index (χ2v) is 5.46. The van der Waals surface area contributed by atoms with E-state index in [1.165, 1.54) is 7.11 Å². The highest BCUT2D eigenvalue weighted by atomic mass is 79.9. The van der Waals surface area contributed by atoms with Crippen LogP contribution in [0.4, 0.5) is 16.2 Å². The zero-order valence-electron chi connectivity index (χ0n) is 12.6. The summed E-state index contributed by atoms with van der Waals surface area (Å²) < 4.78 is 11.3. The lowest BCUT2D eigenvalue weighted by molar-refractivity contribution is 0.262. The second kappa shape index (κ2) is 7.17. The first-order valence-corrected chi connectivity index (χ1v) is 7.39. The van der Waals surface area contributed by atoms with Crippen LogP contribution in [0.1, 0.15) is 5.56 Å². The molecule has 0 heterocycles. The van der Waals surface area contributed by atoms with Gasteiger partial charge >= 0.3 is 6.03 Å². The lowest BCUT2D eigenvalue weighted by Crippen LogP contribution is -2.19. The summed E-state index contributed by atoms with van der Waals surface area (Å²) in [7, 11) is 3.11. The maximum atomic E-state index is 12.1. The number of anilines is 2. The molecule has 2 aromatic carbocycles. The van der Waals surface area contributed by atoms with Gasteiger partial charge in [-0.05, 0) is 36.8 Å². The van der Waals surface area contributed by atoms with Crippen molar-refractivity contribution in [3.63, 3.8) is 0 Å². The number of nitrogens with one attached hydrogen (secondary N) is 2. The fraction of sp³-hybridized carbons (Fsp3) is 0.188. The first-order valence-electron chi connectivity index (χ1n) is 6.59. The Morgan fingerprint density at radius 1 is 1.05 bits per heavy atom. The van der Waals surface area contributed by atoms with Crippen molar-refractivity contribution >= 4 is 33.3 Å². The molecule has 2 amide bonds. The van der Waals surface area contributed by atoms with Crippen molar-refractivity contribution in [3.8, 4) is 11.5 Å². The van der Waals surface area contributed by atoms with E-state index in [0.717, 1.165) is 10.0 Å². The van der Waals surface area contributed by atoms with Gasteiger partial charge in [-0.25, -0.2) is 4.79 Å². The van der Waals surface area contributed by atoms with Crippen molar-refractivity contribution in [2.24, 2.45) is 0 Å². The summed E-state index contributed by atoms with van der Waals surface area (Å²) >= 11 is 3.44. The van der Waals surface area contributed by atoms with E-state index < -0.39 is 0 Å². The van der Waals surface area contributed by atoms with Gasteiger partial charge in [0.1, 0.15) is 11.5 Å². The number of hydrogen-bond donors (Lipinski definition) is 2. The standard InChI is InChI=1S/C16H17BrN2O3/c1-10-4-5-11(8-13(10)17)18-16(20)19-14-7-6-12(21-2)9-15(14)22-3/h4-9H,1-3H3,(H2,18,19,20). The van der Waals surface area contributed by atoms with Crippen molar-refractivity contribution in [1.82, 2.24) is 0 Å². The molecular formula is C16H17BrN2O3. The fourth-order valence-corrected chi connectivity index (χ4v) is 2.24. The van der Waals surface area contributed by atoms with Crippen molar-refractivity contribution in [3.05, 3.63) is 46.4 Å². The van der Waals surface area contributed by atoms with E-state index in [9.17, 15) is 4.79 Å². The topological polar surface area (TPSA) is 59.6 Å². The Morgan fingerprint density at radius 3 is 2.45 bits per heavy atom. The molecular weight excluding hydrogens is 348 g/mol. The monoisotopic (exact) mass is 364 g/mol. The smallest absolute Gasteiger partial charge is 0.323 e. The molecule has 2 N–H and O–H groups in total. The summed E-state index contributed by atoms with van der Waals surface area (Å²) in [5.74, 6) is 1.19. The summed E-state index contributed by atoms with van der Waals surface area (Å²) in [6.45, 7) is 1.98. The van der Waals surface area contributed by atoms with E-state index >= 15 is 0 Å². The van der Waals surface area contributed by atoms with Crippen LogP contribution in [0, 0.1) is 6.92 Å². The summed E-state index contributed by atoms with van der Waals surface area (Å²) in [5, 5.41) is 5.52. The van der Waals surface area contributed by atoms with Gasteiger partial charge in [0.25, 0.3) is 0 Å². The van der Waals surface area contributed by atoms with E-state index in [0.29, 0.717) is 22.9 Å². The van der Waals surface area contributed by atoms with Gasteiger partial charge in [-0.2, -0.15) is 0 Å². The number of ether oxygens (including phenoxy) is 2. The third kappa shape index (κ3) is 3.92. The van der Waals surface area contributed by atoms with Crippen LogP contribution < -0.4 is 20.1 Å². The molecule has 0 aliphatic heterocycles. The highest BCUT2D eigenvalue weighted by Crippen LogP contribution is 2.29. The molecule has 0 bridgehead atoms. The summed E-state index contributed by atoms with van der Waals surface area (Å²) in [6, 6.07) is 10.4. The van der Waals surface area contributed by atoms with Gasteiger partial charge in [0.05, 0.1) is 19.9 Å². The molecule has 2 rings (SSSR count). The Hall–Kier alpha value is -2.21. The number of methoxy groups -OCH3 is 2. The fourth-order valence-electron chi connectivity index (χ4n) is 1.86. The number of hydrogen-bond acceptors (Lipinski definition) is 3. The minimum Gasteiger partial charge on any atom is -0.497 e. The zero-order valence-corrected chi connectivity index (χ0v) is 14.2. The van der Waals surface area contributed by atoms with E-state index in [2.05, 4.69) is 26.6 Å². The second-order valence-electron chi connectivity index (χ2n) is 4.61. The van der Waals surface area contributed by atoms with Crippen LogP contribution >= 0.6 is 15.9 Å². The van der Waals surface area contributed by atoms with Gasteiger partial charge in [0, 0.05) is 16.2 Å². The number of urea groups is 1. The summed E-state index contributed by atoms with van der Waals surface area (Å²) in [4.78, 5) is 12.1. The minimum atomic E-state index is -0.348. The molecule has 116 valence electrons. The molecule has 22 heavy (non-hydrogen) atoms. The van der Waals surface area contributed by atoms with Gasteiger partial charge in [0.15, 0.2) is 0 Å². The zero-order chi connectivity index (χ0) is 16.1. The predicted octanol–water partition coefficient (Wildman–Crippen LogP) is 4.42. The van der Waals surface area contributed by atoms with E-state index in [1.54, 1.807) is 25.3 Å². The van der Waals surface area contributed by atoms with Crippen molar-refractivity contribution in [2.45, 2.75) is 6.92 Å². The van der Waals surface area contributed by atoms with Crippen molar-refractivity contribution in [1.29, 1.82) is 0 Å². The summed E-state index contributed by atoms with van der Waals surface area (Å²) in [5.41, 5.74) is 2.36. The number of halogens is 1. The van der Waals surface area contributed by atoms with Gasteiger partial charge in [-0.3, -0.25) is 0 Å². The molecule has 0 atom stereocenters. The molecule has 0 saturated carbocycles. The summed E-state index contributed by atoms with van der Waals surface area (Å²) in [6.07, 6.45) is 0. The molecule has 5 nitrogen and oxygen atoms in total. The molecule has 0 unspecified atom stereocenters. The first-order chi connectivity index (χ1) is 10.5. The quantitative estimate of drug-likeness (QED) is 0.843. The molecule has 2 aromatic rings. The van der Waals surface area contributed by atoms with Gasteiger partial charge in [-0.15, -0.1) is 0 Å². The van der Waals surface area contributed by atoms with Crippen LogP contribution in [0.5, 0.6) is 11.5 Å². The van der Waals surface area contributed by atoms with E-state index in [1.807, 2.05) is 25.1 Å². The van der Waals surface area contributed by atoms with E-state index in [-0.39, 0.29) is 6.03 Å². The van der Waals surface area contributed by atoms with Crippen LogP contribution in [0.3, 0.4) is 0 Å². The molecule has 0 fully saturated rings. The van der Waals surface area contributed by atoms with Crippen LogP contribution in [0.2, 0.25) is 0 Å². The van der Waals surface area contributed by atoms with Gasteiger partial charge in [-0.1, -0.05) is 22.0 Å². The third-order valence-corrected chi connectivity index (χ3v) is 3.94. The molecule has 0 aliphatic rings. The van der Waals surface area contributed by atoms with Crippen molar-refractivity contribution < 1.29 is 14.3 Å². The maximum absolute atomic E-state index is 12.1. The number of rotatable bonds is 4. The molecule has 0 aromatic heterocycles. The highest BCUT2D eigenvalue weighted by Gasteiger charge is 2.09. The van der Waals surface area contributed by atoms with Crippen LogP contribution in [-0.4, -0.2) is 20.3 Å². The van der Waals surface area contributed by atoms with Gasteiger partial charge in [0.2, 0.25) is 0 Å². The van der Waals surface area contributed by atoms with Crippen molar-refractivity contribution in [2.75, 3.05) is 24.9 Å². The number of carbonyl (C=O) groups excluding carboxylic acids is 1. The van der Waals surface area contributed by atoms with Crippen LogP contribution in [-0.2, 0) is 0 Å². The Labute approximate surface area is 137 Å². The molecule has 0 saturated heterocycles. The Morgan fingerprint density at radius 2 is 1.82 bits per heavy atom. The minimum absolute atomic E-state index is 0.348. The number of carbonyl (C=O) groups is 1. The normalized spacial score (nSPS) is 10.0. The van der Waals surface area contributed by atoms with Gasteiger partial charge < -0.3 is 20.1 Å². The van der Waals surface area contributed by atoms with E-state index in [4.69, 9.17) is 9.47 Å². The molecule has 0 spiro atoms. The molecule has 0 radical (unpaired) electrons. The molecule has 6 heteroatoms. The average molecular weight is 365 g/mol. The lowest BCUT2D eigenvalue weighted by Gasteiger charge is -2.12. The largest absolute Gasteiger partial charge is 0.497 e. The molecule has 0 aliphatic carbocycles. The lowest BCUT2D eigenvalue weighted by atomic mass is 10.2. The number of benzene rings is 2. The highest BCUT2D eigenvalue weighted by molar-refractivity contribution is 9.10. The van der Waals surface area contributed by atoms with Crippen LogP contribution in [0.25, 0.3) is 0 Å². The third-order valence-electron chi connectivity index (χ3n) is 3.09. The number of amides is 2. The Bertz CT molecular complexity index is 689. The maximum Gasteiger partial charge on any atom is 0.323 e. The predicted molar refractivity (Wildman–Crippen MR) is 91.1 cm³/mol. The first kappa shape index (κ1) is 16.2. The SMILES string of the molecule is COc1ccc(NC(=O)Nc2ccc(C)c(Br)c2)c(OC)c1. The number of aryl methyl sites for hydroxylation is 1. The average Bonchev–Trinajstić information content (AvgIpc) is 2.51. The van der Waals surface area contributed by atoms with Crippen LogP contribution in [0.15, 0.2) is 40.9 Å². The Kier molecular flexibility index (Phi) is 5.27.